The molecule has 0 fully saturated rings. The lowest BCUT2D eigenvalue weighted by Gasteiger charge is -2.45. The maximum absolute atomic E-state index is 6.72. The van der Waals surface area contributed by atoms with Gasteiger partial charge in [0.1, 0.15) is 11.9 Å². The monoisotopic (exact) mass is 484 g/mol. The van der Waals surface area contributed by atoms with Gasteiger partial charge in [0.2, 0.25) is 6.29 Å². The van der Waals surface area contributed by atoms with Crippen LogP contribution in [-0.2, 0) is 12.8 Å². The standard InChI is InChI=1S/C34H28O3/c1-4-12-24-21(9-1)17-18-26(24)27-19-22-10-2-5-13-25(22)32(31-20-23-11-3-6-14-28(23)35-31)33(27)34-36-29-15-7-8-16-30(29)37-34/h1-18,26-27,31-34H,19-20H2. The third-order valence-corrected chi connectivity index (χ3v) is 8.80. The minimum absolute atomic E-state index is 0.0305. The summed E-state index contributed by atoms with van der Waals surface area (Å²) in [6.45, 7) is 0. The molecule has 4 aliphatic rings. The third kappa shape index (κ3) is 3.33. The van der Waals surface area contributed by atoms with Crippen LogP contribution in [0.25, 0.3) is 6.08 Å². The van der Waals surface area contributed by atoms with Crippen LogP contribution in [0.15, 0.2) is 103 Å². The van der Waals surface area contributed by atoms with E-state index in [9.17, 15) is 0 Å². The summed E-state index contributed by atoms with van der Waals surface area (Å²) < 4.78 is 19.9. The topological polar surface area (TPSA) is 27.7 Å². The molecule has 4 aromatic rings. The number of hydrogen-bond acceptors (Lipinski definition) is 3. The van der Waals surface area contributed by atoms with E-state index in [0.717, 1.165) is 30.1 Å². The molecule has 0 radical (unpaired) electrons. The number of ether oxygens (including phenoxy) is 3. The molecule has 5 atom stereocenters. The van der Waals surface area contributed by atoms with Gasteiger partial charge in [-0.2, -0.15) is 0 Å². The molecular formula is C34H28O3. The summed E-state index contributed by atoms with van der Waals surface area (Å²) >= 11 is 0. The fourth-order valence-corrected chi connectivity index (χ4v) is 7.23. The van der Waals surface area contributed by atoms with E-state index < -0.39 is 0 Å². The zero-order chi connectivity index (χ0) is 24.3. The van der Waals surface area contributed by atoms with Crippen molar-refractivity contribution in [2.24, 2.45) is 11.8 Å². The second-order valence-corrected chi connectivity index (χ2v) is 10.7. The number of fused-ring (bicyclic) bond motifs is 4. The van der Waals surface area contributed by atoms with E-state index in [0.29, 0.717) is 11.8 Å². The van der Waals surface area contributed by atoms with Gasteiger partial charge in [-0.15, -0.1) is 0 Å². The van der Waals surface area contributed by atoms with E-state index >= 15 is 0 Å². The Morgan fingerprint density at radius 2 is 1.22 bits per heavy atom. The second kappa shape index (κ2) is 8.27. The number of benzene rings is 4. The van der Waals surface area contributed by atoms with Crippen molar-refractivity contribution in [3.63, 3.8) is 0 Å². The first-order valence-electron chi connectivity index (χ1n) is 13.4. The highest BCUT2D eigenvalue weighted by atomic mass is 16.7. The lowest BCUT2D eigenvalue weighted by Crippen LogP contribution is -2.48. The van der Waals surface area contributed by atoms with Gasteiger partial charge in [0, 0.05) is 24.2 Å². The minimum atomic E-state index is -0.366. The van der Waals surface area contributed by atoms with E-state index in [1.54, 1.807) is 0 Å². The molecule has 182 valence electrons. The van der Waals surface area contributed by atoms with Crippen molar-refractivity contribution < 1.29 is 14.2 Å². The molecule has 5 unspecified atom stereocenters. The average Bonchev–Trinajstić information content (AvgIpc) is 3.68. The summed E-state index contributed by atoms with van der Waals surface area (Å²) in [6, 6.07) is 34.3. The Hall–Kier alpha value is -3.98. The first kappa shape index (κ1) is 21.1. The predicted octanol–water partition coefficient (Wildman–Crippen LogP) is 7.17. The Balaban J connectivity index is 1.27. The highest BCUT2D eigenvalue weighted by Gasteiger charge is 2.52. The van der Waals surface area contributed by atoms with E-state index in [-0.39, 0.29) is 24.2 Å². The second-order valence-electron chi connectivity index (χ2n) is 10.7. The summed E-state index contributed by atoms with van der Waals surface area (Å²) in [5, 5.41) is 0. The molecule has 3 heteroatoms. The zero-order valence-electron chi connectivity index (χ0n) is 20.5. The first-order valence-corrected chi connectivity index (χ1v) is 13.4. The fourth-order valence-electron chi connectivity index (χ4n) is 7.23. The fraction of sp³-hybridized carbons (Fsp3) is 0.235. The summed E-state index contributed by atoms with van der Waals surface area (Å²) in [5.41, 5.74) is 6.81. The summed E-state index contributed by atoms with van der Waals surface area (Å²) in [6.07, 6.45) is 6.24. The summed E-state index contributed by atoms with van der Waals surface area (Å²) in [4.78, 5) is 0. The first-order chi connectivity index (χ1) is 18.3. The highest BCUT2D eigenvalue weighted by Crippen LogP contribution is 2.54. The van der Waals surface area contributed by atoms with Crippen LogP contribution in [0, 0.1) is 11.8 Å². The van der Waals surface area contributed by atoms with Crippen molar-refractivity contribution in [3.8, 4) is 17.2 Å². The predicted molar refractivity (Wildman–Crippen MR) is 144 cm³/mol. The summed E-state index contributed by atoms with van der Waals surface area (Å²) in [7, 11) is 0. The van der Waals surface area contributed by atoms with Gasteiger partial charge in [-0.05, 0) is 58.4 Å². The quantitative estimate of drug-likeness (QED) is 0.309. The van der Waals surface area contributed by atoms with Gasteiger partial charge in [-0.25, -0.2) is 0 Å². The number of hydrogen-bond donors (Lipinski definition) is 0. The van der Waals surface area contributed by atoms with E-state index in [2.05, 4.69) is 84.9 Å². The van der Waals surface area contributed by atoms with Gasteiger partial charge in [0.25, 0.3) is 0 Å². The molecule has 3 nitrogen and oxygen atoms in total. The molecule has 0 saturated carbocycles. The van der Waals surface area contributed by atoms with Gasteiger partial charge < -0.3 is 14.2 Å². The molecule has 4 aromatic carbocycles. The molecule has 37 heavy (non-hydrogen) atoms. The van der Waals surface area contributed by atoms with Crippen LogP contribution in [0.1, 0.15) is 39.7 Å². The Kier molecular flexibility index (Phi) is 4.73. The van der Waals surface area contributed by atoms with Crippen molar-refractivity contribution in [3.05, 3.63) is 131 Å². The Labute approximate surface area is 217 Å². The molecule has 0 N–H and O–H groups in total. The van der Waals surface area contributed by atoms with Gasteiger partial charge in [0.05, 0.1) is 0 Å². The lowest BCUT2D eigenvalue weighted by atomic mass is 9.62. The zero-order valence-corrected chi connectivity index (χ0v) is 20.5. The largest absolute Gasteiger partial charge is 0.489 e. The van der Waals surface area contributed by atoms with Crippen LogP contribution in [0.3, 0.4) is 0 Å². The number of allylic oxidation sites excluding steroid dienone is 1. The molecule has 0 bridgehead atoms. The SMILES string of the molecule is C1=CC(C2Cc3ccccc3C(C3Cc4ccccc4O3)C2C2Oc3ccccc3O2)c2ccccc21. The van der Waals surface area contributed by atoms with E-state index in [4.69, 9.17) is 14.2 Å². The molecular weight excluding hydrogens is 456 g/mol. The highest BCUT2D eigenvalue weighted by molar-refractivity contribution is 5.63. The van der Waals surface area contributed by atoms with Gasteiger partial charge >= 0.3 is 0 Å². The molecule has 2 aliphatic carbocycles. The number of rotatable bonds is 3. The Morgan fingerprint density at radius 1 is 0.568 bits per heavy atom. The van der Waals surface area contributed by atoms with Crippen LogP contribution < -0.4 is 14.2 Å². The minimum Gasteiger partial charge on any atom is -0.489 e. The maximum atomic E-state index is 6.72. The molecule has 0 aromatic heterocycles. The van der Waals surface area contributed by atoms with Crippen LogP contribution in [-0.4, -0.2) is 12.4 Å². The molecule has 2 heterocycles. The normalized spacial score (nSPS) is 26.9. The van der Waals surface area contributed by atoms with Crippen LogP contribution in [0.5, 0.6) is 17.2 Å². The van der Waals surface area contributed by atoms with Crippen molar-refractivity contribution in [1.29, 1.82) is 0 Å². The van der Waals surface area contributed by atoms with Crippen LogP contribution >= 0.6 is 0 Å². The van der Waals surface area contributed by atoms with E-state index in [1.165, 1.54) is 27.8 Å². The molecule has 8 rings (SSSR count). The Bertz CT molecular complexity index is 1470. The Morgan fingerprint density at radius 3 is 2.00 bits per heavy atom. The van der Waals surface area contributed by atoms with Gasteiger partial charge in [-0.1, -0.05) is 91.0 Å². The van der Waals surface area contributed by atoms with Crippen LogP contribution in [0.2, 0.25) is 0 Å². The van der Waals surface area contributed by atoms with Crippen LogP contribution in [0.4, 0.5) is 0 Å². The van der Waals surface area contributed by atoms with Crippen molar-refractivity contribution in [2.45, 2.75) is 37.1 Å². The van der Waals surface area contributed by atoms with Crippen molar-refractivity contribution in [1.82, 2.24) is 0 Å². The lowest BCUT2D eigenvalue weighted by molar-refractivity contribution is -0.0603. The third-order valence-electron chi connectivity index (χ3n) is 8.80. The molecule has 2 aliphatic heterocycles. The van der Waals surface area contributed by atoms with Gasteiger partial charge in [-0.3, -0.25) is 0 Å². The summed E-state index contributed by atoms with van der Waals surface area (Å²) in [5.74, 6) is 3.55. The molecule has 0 saturated heterocycles. The average molecular weight is 485 g/mol. The van der Waals surface area contributed by atoms with Gasteiger partial charge in [0.15, 0.2) is 11.5 Å². The molecule has 0 amide bonds. The van der Waals surface area contributed by atoms with E-state index in [1.807, 2.05) is 24.3 Å². The van der Waals surface area contributed by atoms with Crippen molar-refractivity contribution >= 4 is 6.08 Å². The van der Waals surface area contributed by atoms with Crippen molar-refractivity contribution in [2.75, 3.05) is 0 Å². The number of para-hydroxylation sites is 3. The smallest absolute Gasteiger partial charge is 0.245 e. The molecule has 0 spiro atoms. The maximum Gasteiger partial charge on any atom is 0.245 e.